The molecule has 0 bridgehead atoms. The summed E-state index contributed by atoms with van der Waals surface area (Å²) in [5.74, 6) is 1.11. The van der Waals surface area contributed by atoms with Gasteiger partial charge in [0.25, 0.3) is 0 Å². The molecule has 0 radical (unpaired) electrons. The van der Waals surface area contributed by atoms with E-state index in [-0.39, 0.29) is 6.42 Å². The fraction of sp³-hybridized carbons (Fsp3) is 0.562. The number of aliphatic carboxylic acids is 1. The van der Waals surface area contributed by atoms with Crippen molar-refractivity contribution in [3.8, 4) is 11.5 Å². The van der Waals surface area contributed by atoms with Gasteiger partial charge in [-0.05, 0) is 49.4 Å². The molecule has 1 heterocycles. The maximum Gasteiger partial charge on any atom is 0.303 e. The summed E-state index contributed by atoms with van der Waals surface area (Å²) in [6, 6.07) is 6.03. The molecule has 1 unspecified atom stereocenters. The van der Waals surface area contributed by atoms with Crippen molar-refractivity contribution in [2.75, 3.05) is 26.8 Å². The van der Waals surface area contributed by atoms with E-state index in [9.17, 15) is 4.79 Å². The molecule has 1 atom stereocenters. The van der Waals surface area contributed by atoms with Crippen molar-refractivity contribution in [3.63, 3.8) is 0 Å². The van der Waals surface area contributed by atoms with Crippen molar-refractivity contribution in [2.24, 2.45) is 0 Å². The van der Waals surface area contributed by atoms with Crippen LogP contribution < -0.4 is 14.8 Å². The monoisotopic (exact) mass is 293 g/mol. The van der Waals surface area contributed by atoms with Gasteiger partial charge in [-0.3, -0.25) is 4.79 Å². The molecule has 0 amide bonds. The summed E-state index contributed by atoms with van der Waals surface area (Å²) in [6.45, 7) is 2.48. The Hall–Kier alpha value is -1.75. The number of ether oxygens (including phenoxy) is 2. The van der Waals surface area contributed by atoms with Crippen molar-refractivity contribution in [1.29, 1.82) is 0 Å². The Bertz CT molecular complexity index is 469. The fourth-order valence-electron chi connectivity index (χ4n) is 2.60. The van der Waals surface area contributed by atoms with Crippen molar-refractivity contribution in [1.82, 2.24) is 5.32 Å². The van der Waals surface area contributed by atoms with Crippen LogP contribution in [0.4, 0.5) is 0 Å². The molecule has 1 aromatic rings. The van der Waals surface area contributed by atoms with E-state index in [0.717, 1.165) is 13.1 Å². The molecule has 5 nitrogen and oxygen atoms in total. The van der Waals surface area contributed by atoms with Gasteiger partial charge in [0.15, 0.2) is 11.5 Å². The van der Waals surface area contributed by atoms with E-state index in [4.69, 9.17) is 14.6 Å². The quantitative estimate of drug-likeness (QED) is 0.756. The van der Waals surface area contributed by atoms with Crippen molar-refractivity contribution < 1.29 is 19.4 Å². The summed E-state index contributed by atoms with van der Waals surface area (Å²) in [4.78, 5) is 10.5. The van der Waals surface area contributed by atoms with Crippen LogP contribution in [0.25, 0.3) is 0 Å². The Morgan fingerprint density at radius 3 is 2.95 bits per heavy atom. The first kappa shape index (κ1) is 15.6. The highest BCUT2D eigenvalue weighted by atomic mass is 16.5. The molecule has 5 heteroatoms. The summed E-state index contributed by atoms with van der Waals surface area (Å²) in [5, 5.41) is 12.0. The highest BCUT2D eigenvalue weighted by molar-refractivity contribution is 5.66. The number of piperidine rings is 1. The van der Waals surface area contributed by atoms with Crippen LogP contribution >= 0.6 is 0 Å². The van der Waals surface area contributed by atoms with E-state index in [0.29, 0.717) is 30.4 Å². The third-order valence-corrected chi connectivity index (χ3v) is 3.75. The van der Waals surface area contributed by atoms with Crippen LogP contribution in [0, 0.1) is 0 Å². The number of benzene rings is 1. The smallest absolute Gasteiger partial charge is 0.303 e. The van der Waals surface area contributed by atoms with Crippen LogP contribution in [0.3, 0.4) is 0 Å². The molecule has 1 aromatic carbocycles. The van der Waals surface area contributed by atoms with Crippen molar-refractivity contribution in [2.45, 2.75) is 31.6 Å². The maximum atomic E-state index is 10.5. The van der Waals surface area contributed by atoms with Crippen LogP contribution in [0.5, 0.6) is 11.5 Å². The molecule has 1 saturated heterocycles. The van der Waals surface area contributed by atoms with Gasteiger partial charge < -0.3 is 19.9 Å². The molecule has 1 fully saturated rings. The highest BCUT2D eigenvalue weighted by Crippen LogP contribution is 2.33. The Labute approximate surface area is 125 Å². The number of carboxylic acids is 1. The first-order valence-electron chi connectivity index (χ1n) is 7.44. The van der Waals surface area contributed by atoms with Gasteiger partial charge in [-0.25, -0.2) is 0 Å². The Morgan fingerprint density at radius 1 is 1.43 bits per heavy atom. The third-order valence-electron chi connectivity index (χ3n) is 3.75. The summed E-state index contributed by atoms with van der Waals surface area (Å²) >= 11 is 0. The zero-order chi connectivity index (χ0) is 15.1. The van der Waals surface area contributed by atoms with E-state index >= 15 is 0 Å². The number of nitrogens with one attached hydrogen (secondary N) is 1. The van der Waals surface area contributed by atoms with Gasteiger partial charge in [-0.1, -0.05) is 6.07 Å². The average molecular weight is 293 g/mol. The Balaban J connectivity index is 1.97. The molecule has 0 saturated carbocycles. The summed E-state index contributed by atoms with van der Waals surface area (Å²) in [7, 11) is 1.63. The van der Waals surface area contributed by atoms with Crippen LogP contribution in [0.2, 0.25) is 0 Å². The molecule has 0 aromatic heterocycles. The van der Waals surface area contributed by atoms with E-state index in [2.05, 4.69) is 11.4 Å². The van der Waals surface area contributed by atoms with Crippen molar-refractivity contribution in [3.05, 3.63) is 23.8 Å². The Morgan fingerprint density at radius 2 is 2.29 bits per heavy atom. The van der Waals surface area contributed by atoms with Crippen molar-refractivity contribution >= 4 is 5.97 Å². The molecular formula is C16H23NO4. The molecule has 116 valence electrons. The van der Waals surface area contributed by atoms with Crippen LogP contribution in [-0.4, -0.2) is 37.9 Å². The van der Waals surface area contributed by atoms with Gasteiger partial charge in [0, 0.05) is 13.0 Å². The number of methoxy groups -OCH3 is 1. The minimum Gasteiger partial charge on any atom is -0.493 e. The second kappa shape index (κ2) is 7.88. The second-order valence-corrected chi connectivity index (χ2v) is 5.30. The molecular weight excluding hydrogens is 270 g/mol. The molecule has 1 aliphatic heterocycles. The molecule has 0 aliphatic carbocycles. The van der Waals surface area contributed by atoms with Gasteiger partial charge >= 0.3 is 5.97 Å². The van der Waals surface area contributed by atoms with E-state index in [1.807, 2.05) is 12.1 Å². The zero-order valence-electron chi connectivity index (χ0n) is 12.4. The largest absolute Gasteiger partial charge is 0.493 e. The number of carboxylic acid groups (broad SMARTS) is 1. The highest BCUT2D eigenvalue weighted by Gasteiger charge is 2.17. The summed E-state index contributed by atoms with van der Waals surface area (Å²) in [6.07, 6.45) is 3.00. The first-order chi connectivity index (χ1) is 10.2. The minimum atomic E-state index is -0.800. The normalized spacial score (nSPS) is 18.2. The minimum absolute atomic E-state index is 0.119. The van der Waals surface area contributed by atoms with Gasteiger partial charge in [0.1, 0.15) is 0 Å². The predicted octanol–water partition coefficient (Wildman–Crippen LogP) is 2.41. The Kier molecular flexibility index (Phi) is 5.87. The van der Waals surface area contributed by atoms with E-state index in [1.165, 1.54) is 18.4 Å². The molecule has 2 N–H and O–H groups in total. The molecule has 1 aliphatic rings. The van der Waals surface area contributed by atoms with Crippen LogP contribution in [0.1, 0.15) is 37.2 Å². The number of hydrogen-bond donors (Lipinski definition) is 2. The maximum absolute atomic E-state index is 10.5. The standard InChI is InChI=1S/C16H23NO4/c1-20-15-10-12(13-4-2-8-17-11-13)6-7-14(15)21-9-3-5-16(18)19/h6-7,10,13,17H,2-5,8-9,11H2,1H3,(H,18,19). The lowest BCUT2D eigenvalue weighted by Crippen LogP contribution is -2.28. The summed E-state index contributed by atoms with van der Waals surface area (Å²) in [5.41, 5.74) is 1.26. The zero-order valence-corrected chi connectivity index (χ0v) is 12.4. The number of hydrogen-bond acceptors (Lipinski definition) is 4. The lowest BCUT2D eigenvalue weighted by atomic mass is 9.91. The van der Waals surface area contributed by atoms with Crippen LogP contribution in [-0.2, 0) is 4.79 Å². The predicted molar refractivity (Wildman–Crippen MR) is 80.2 cm³/mol. The van der Waals surface area contributed by atoms with E-state index < -0.39 is 5.97 Å². The van der Waals surface area contributed by atoms with Gasteiger partial charge in [-0.15, -0.1) is 0 Å². The number of rotatable bonds is 7. The van der Waals surface area contributed by atoms with Gasteiger partial charge in [0.2, 0.25) is 0 Å². The third kappa shape index (κ3) is 4.63. The SMILES string of the molecule is COc1cc(C2CCCNC2)ccc1OCCCC(=O)O. The molecule has 2 rings (SSSR count). The first-order valence-corrected chi connectivity index (χ1v) is 7.44. The fourth-order valence-corrected chi connectivity index (χ4v) is 2.60. The summed E-state index contributed by atoms with van der Waals surface area (Å²) < 4.78 is 11.0. The topological polar surface area (TPSA) is 67.8 Å². The second-order valence-electron chi connectivity index (χ2n) is 5.30. The van der Waals surface area contributed by atoms with Gasteiger partial charge in [0.05, 0.1) is 13.7 Å². The van der Waals surface area contributed by atoms with Crippen LogP contribution in [0.15, 0.2) is 18.2 Å². The molecule has 21 heavy (non-hydrogen) atoms. The lowest BCUT2D eigenvalue weighted by Gasteiger charge is -2.24. The molecule has 0 spiro atoms. The lowest BCUT2D eigenvalue weighted by molar-refractivity contribution is -0.137. The van der Waals surface area contributed by atoms with Gasteiger partial charge in [-0.2, -0.15) is 0 Å². The average Bonchev–Trinajstić information content (AvgIpc) is 2.52. The van der Waals surface area contributed by atoms with E-state index in [1.54, 1.807) is 7.11 Å². The number of carbonyl (C=O) groups is 1.